The Hall–Kier alpha value is -3.54. The van der Waals surface area contributed by atoms with Crippen molar-refractivity contribution in [2.24, 2.45) is 0 Å². The summed E-state index contributed by atoms with van der Waals surface area (Å²) in [6.45, 7) is 5.17. The highest BCUT2D eigenvalue weighted by atomic mass is 16.5. The van der Waals surface area contributed by atoms with Gasteiger partial charge in [-0.3, -0.25) is 9.97 Å². The van der Waals surface area contributed by atoms with Crippen molar-refractivity contribution < 1.29 is 19.1 Å². The molecule has 0 atom stereocenters. The van der Waals surface area contributed by atoms with E-state index in [1.165, 1.54) is 51.4 Å². The number of carbonyl (C=O) groups is 2. The standard InChI is InChI=1S/C24H38O4.C10H8N2/c1-3-5-7-9-11-15-19-27-23(25)21-17-13-14-18-22(21)24(26)28-20-16-12-10-8-6-4-2;1-3-7-11-9(5-1)10-6-2-4-8-12-10/h13-14,17-18H,3-12,15-16,19-20H2,1-2H3;1-8H. The number of unbranched alkanes of at least 4 members (excludes halogenated alkanes) is 10. The molecule has 0 unspecified atom stereocenters. The molecule has 0 aliphatic heterocycles. The van der Waals surface area contributed by atoms with Crippen molar-refractivity contribution in [2.45, 2.75) is 90.9 Å². The van der Waals surface area contributed by atoms with Crippen molar-refractivity contribution in [2.75, 3.05) is 13.2 Å². The number of nitrogens with zero attached hydrogens (tertiary/aromatic N) is 2. The molecule has 0 spiro atoms. The zero-order valence-electron chi connectivity index (χ0n) is 24.4. The first kappa shape index (κ1) is 32.7. The maximum absolute atomic E-state index is 12.4. The lowest BCUT2D eigenvalue weighted by Gasteiger charge is -2.10. The van der Waals surface area contributed by atoms with Gasteiger partial charge in [0, 0.05) is 12.4 Å². The number of rotatable bonds is 17. The lowest BCUT2D eigenvalue weighted by Crippen LogP contribution is -2.15. The Kier molecular flexibility index (Phi) is 17.4. The fourth-order valence-electron chi connectivity index (χ4n) is 4.12. The van der Waals surface area contributed by atoms with Crippen LogP contribution in [0.5, 0.6) is 0 Å². The van der Waals surface area contributed by atoms with Crippen LogP contribution in [0.1, 0.15) is 112 Å². The van der Waals surface area contributed by atoms with Crippen LogP contribution in [0.25, 0.3) is 11.4 Å². The van der Waals surface area contributed by atoms with Gasteiger partial charge in [0.15, 0.2) is 0 Å². The van der Waals surface area contributed by atoms with E-state index < -0.39 is 11.9 Å². The molecule has 6 heteroatoms. The molecule has 6 nitrogen and oxygen atoms in total. The summed E-state index contributed by atoms with van der Waals surface area (Å²) in [6.07, 6.45) is 17.2. The molecule has 216 valence electrons. The molecule has 1 aromatic carbocycles. The van der Waals surface area contributed by atoms with Crippen LogP contribution in [0.3, 0.4) is 0 Å². The van der Waals surface area contributed by atoms with Crippen LogP contribution in [-0.4, -0.2) is 35.1 Å². The van der Waals surface area contributed by atoms with E-state index in [0.29, 0.717) is 24.3 Å². The van der Waals surface area contributed by atoms with Crippen LogP contribution < -0.4 is 0 Å². The maximum Gasteiger partial charge on any atom is 0.339 e. The van der Waals surface area contributed by atoms with Gasteiger partial charge >= 0.3 is 11.9 Å². The molecule has 0 amide bonds. The molecule has 2 heterocycles. The van der Waals surface area contributed by atoms with Gasteiger partial charge in [-0.1, -0.05) is 102 Å². The van der Waals surface area contributed by atoms with Gasteiger partial charge in [0.25, 0.3) is 0 Å². The molecule has 40 heavy (non-hydrogen) atoms. The van der Waals surface area contributed by atoms with Gasteiger partial charge in [-0.25, -0.2) is 9.59 Å². The number of ether oxygens (including phenoxy) is 2. The lowest BCUT2D eigenvalue weighted by molar-refractivity contribution is 0.0450. The molecule has 0 aliphatic rings. The average Bonchev–Trinajstić information content (AvgIpc) is 3.01. The van der Waals surface area contributed by atoms with Gasteiger partial charge in [-0.05, 0) is 49.2 Å². The minimum Gasteiger partial charge on any atom is -0.462 e. The Balaban J connectivity index is 0.000000382. The van der Waals surface area contributed by atoms with Crippen molar-refractivity contribution in [1.29, 1.82) is 0 Å². The second-order valence-corrected chi connectivity index (χ2v) is 9.78. The van der Waals surface area contributed by atoms with Gasteiger partial charge in [-0.2, -0.15) is 0 Å². The van der Waals surface area contributed by atoms with E-state index in [1.807, 2.05) is 36.4 Å². The number of carbonyl (C=O) groups excluding carboxylic acids is 2. The minimum atomic E-state index is -0.444. The van der Waals surface area contributed by atoms with Gasteiger partial charge in [0.2, 0.25) is 0 Å². The van der Waals surface area contributed by atoms with Crippen LogP contribution in [0.15, 0.2) is 73.1 Å². The summed E-state index contributed by atoms with van der Waals surface area (Å²) < 4.78 is 10.7. The molecule has 2 aromatic heterocycles. The second-order valence-electron chi connectivity index (χ2n) is 9.78. The first-order valence-corrected chi connectivity index (χ1v) is 14.9. The zero-order valence-corrected chi connectivity index (χ0v) is 24.4. The van der Waals surface area contributed by atoms with Crippen molar-refractivity contribution in [3.8, 4) is 11.4 Å². The average molecular weight is 547 g/mol. The summed E-state index contributed by atoms with van der Waals surface area (Å²) in [7, 11) is 0. The van der Waals surface area contributed by atoms with Crippen LogP contribution in [0.4, 0.5) is 0 Å². The number of benzene rings is 1. The van der Waals surface area contributed by atoms with E-state index in [1.54, 1.807) is 36.7 Å². The van der Waals surface area contributed by atoms with Crippen LogP contribution in [-0.2, 0) is 9.47 Å². The highest BCUT2D eigenvalue weighted by molar-refractivity contribution is 6.03. The smallest absolute Gasteiger partial charge is 0.339 e. The number of pyridine rings is 2. The first-order valence-electron chi connectivity index (χ1n) is 14.9. The Morgan fingerprint density at radius 3 is 1.27 bits per heavy atom. The third kappa shape index (κ3) is 13.5. The number of hydrogen-bond acceptors (Lipinski definition) is 6. The summed E-state index contributed by atoms with van der Waals surface area (Å²) in [5.41, 5.74) is 2.42. The lowest BCUT2D eigenvalue weighted by atomic mass is 10.1. The molecule has 0 saturated heterocycles. The van der Waals surface area contributed by atoms with E-state index in [-0.39, 0.29) is 0 Å². The Morgan fingerprint density at radius 2 is 0.900 bits per heavy atom. The van der Waals surface area contributed by atoms with E-state index in [0.717, 1.165) is 37.1 Å². The fraction of sp³-hybridized carbons (Fsp3) is 0.471. The fourth-order valence-corrected chi connectivity index (χ4v) is 4.12. The monoisotopic (exact) mass is 546 g/mol. The van der Waals surface area contributed by atoms with Gasteiger partial charge in [0.05, 0.1) is 35.7 Å². The van der Waals surface area contributed by atoms with Crippen molar-refractivity contribution in [3.05, 3.63) is 84.2 Å². The minimum absolute atomic E-state index is 0.293. The summed E-state index contributed by atoms with van der Waals surface area (Å²) in [6, 6.07) is 18.3. The molecule has 0 radical (unpaired) electrons. The van der Waals surface area contributed by atoms with Crippen LogP contribution >= 0.6 is 0 Å². The number of hydrogen-bond donors (Lipinski definition) is 0. The Morgan fingerprint density at radius 1 is 0.525 bits per heavy atom. The molecule has 3 aromatic rings. The predicted molar refractivity (Wildman–Crippen MR) is 161 cm³/mol. The topological polar surface area (TPSA) is 78.4 Å². The molecule has 0 bridgehead atoms. The largest absolute Gasteiger partial charge is 0.462 e. The van der Waals surface area contributed by atoms with Crippen LogP contribution in [0.2, 0.25) is 0 Å². The summed E-state index contributed by atoms with van der Waals surface area (Å²) in [4.78, 5) is 33.1. The first-order chi connectivity index (χ1) is 19.7. The van der Waals surface area contributed by atoms with Gasteiger partial charge in [-0.15, -0.1) is 0 Å². The number of esters is 2. The molecular weight excluding hydrogens is 500 g/mol. The number of aromatic nitrogens is 2. The van der Waals surface area contributed by atoms with Crippen molar-refractivity contribution >= 4 is 11.9 Å². The third-order valence-electron chi connectivity index (χ3n) is 6.42. The van der Waals surface area contributed by atoms with Gasteiger partial charge < -0.3 is 9.47 Å². The molecule has 0 N–H and O–H groups in total. The quantitative estimate of drug-likeness (QED) is 0.124. The molecule has 0 fully saturated rings. The highest BCUT2D eigenvalue weighted by Crippen LogP contribution is 2.14. The summed E-state index contributed by atoms with van der Waals surface area (Å²) in [5.74, 6) is -0.888. The second kappa shape index (κ2) is 21.3. The summed E-state index contributed by atoms with van der Waals surface area (Å²) >= 11 is 0. The maximum atomic E-state index is 12.4. The van der Waals surface area contributed by atoms with Crippen LogP contribution in [0, 0.1) is 0 Å². The van der Waals surface area contributed by atoms with E-state index in [4.69, 9.17) is 9.47 Å². The summed E-state index contributed by atoms with van der Waals surface area (Å²) in [5, 5.41) is 0. The van der Waals surface area contributed by atoms with Crippen molar-refractivity contribution in [1.82, 2.24) is 9.97 Å². The van der Waals surface area contributed by atoms with Gasteiger partial charge in [0.1, 0.15) is 0 Å². The Bertz CT molecular complexity index is 987. The van der Waals surface area contributed by atoms with E-state index >= 15 is 0 Å². The molecule has 0 aliphatic carbocycles. The highest BCUT2D eigenvalue weighted by Gasteiger charge is 2.18. The Labute approximate surface area is 240 Å². The SMILES string of the molecule is CCCCCCCCOC(=O)c1ccccc1C(=O)OCCCCCCCC.c1ccc(-c2ccccn2)nc1. The molecular formula is C34H46N2O4. The normalized spacial score (nSPS) is 10.3. The van der Waals surface area contributed by atoms with E-state index in [9.17, 15) is 9.59 Å². The van der Waals surface area contributed by atoms with Crippen molar-refractivity contribution in [3.63, 3.8) is 0 Å². The van der Waals surface area contributed by atoms with E-state index in [2.05, 4.69) is 23.8 Å². The molecule has 0 saturated carbocycles. The third-order valence-corrected chi connectivity index (χ3v) is 6.42. The molecule has 3 rings (SSSR count). The zero-order chi connectivity index (χ0) is 28.7. The predicted octanol–water partition coefficient (Wildman–Crippen LogP) is 8.86.